The van der Waals surface area contributed by atoms with Crippen molar-refractivity contribution in [3.05, 3.63) is 59.3 Å². The summed E-state index contributed by atoms with van der Waals surface area (Å²) in [5.41, 5.74) is 5.09. The minimum absolute atomic E-state index is 0.0405. The van der Waals surface area contributed by atoms with Gasteiger partial charge in [0.1, 0.15) is 5.69 Å². The van der Waals surface area contributed by atoms with Crippen molar-refractivity contribution < 1.29 is 4.79 Å². The Balaban J connectivity index is 1.75. The predicted octanol–water partition coefficient (Wildman–Crippen LogP) is 5.00. The SMILES string of the molecule is Cc1cc(C)cc(NC(=O)c2cc3cccc4c3n2CC(C)S4)c1. The number of nitrogens with one attached hydrogen (secondary N) is 1. The summed E-state index contributed by atoms with van der Waals surface area (Å²) >= 11 is 1.88. The number of benzene rings is 2. The van der Waals surface area contributed by atoms with Crippen LogP contribution in [0, 0.1) is 13.8 Å². The van der Waals surface area contributed by atoms with E-state index >= 15 is 0 Å². The van der Waals surface area contributed by atoms with E-state index in [1.807, 2.05) is 43.8 Å². The van der Waals surface area contributed by atoms with Gasteiger partial charge in [-0.15, -0.1) is 11.8 Å². The first-order valence-electron chi connectivity index (χ1n) is 8.20. The molecule has 0 saturated heterocycles. The van der Waals surface area contributed by atoms with Crippen molar-refractivity contribution in [1.82, 2.24) is 4.57 Å². The van der Waals surface area contributed by atoms with Crippen molar-refractivity contribution in [2.75, 3.05) is 5.32 Å². The van der Waals surface area contributed by atoms with E-state index < -0.39 is 0 Å². The van der Waals surface area contributed by atoms with Crippen LogP contribution in [0.1, 0.15) is 28.5 Å². The Bertz CT molecular complexity index is 937. The molecule has 1 atom stereocenters. The van der Waals surface area contributed by atoms with E-state index in [0.717, 1.165) is 34.4 Å². The van der Waals surface area contributed by atoms with Crippen LogP contribution in [0.2, 0.25) is 0 Å². The van der Waals surface area contributed by atoms with Gasteiger partial charge in [-0.1, -0.05) is 25.1 Å². The van der Waals surface area contributed by atoms with Gasteiger partial charge < -0.3 is 9.88 Å². The Morgan fingerprint density at radius 1 is 1.17 bits per heavy atom. The van der Waals surface area contributed by atoms with Crippen LogP contribution in [0.4, 0.5) is 5.69 Å². The number of thioether (sulfide) groups is 1. The molecule has 2 aromatic carbocycles. The third-order valence-corrected chi connectivity index (χ3v) is 5.50. The molecule has 0 radical (unpaired) electrons. The zero-order valence-electron chi connectivity index (χ0n) is 14.1. The van der Waals surface area contributed by atoms with E-state index in [1.54, 1.807) is 0 Å². The Hall–Kier alpha value is -2.20. The van der Waals surface area contributed by atoms with Crippen LogP contribution in [-0.4, -0.2) is 15.7 Å². The van der Waals surface area contributed by atoms with E-state index in [1.165, 1.54) is 10.4 Å². The lowest BCUT2D eigenvalue weighted by atomic mass is 10.1. The van der Waals surface area contributed by atoms with Gasteiger partial charge in [0.15, 0.2) is 0 Å². The van der Waals surface area contributed by atoms with Gasteiger partial charge in [-0.05, 0) is 49.2 Å². The van der Waals surface area contributed by atoms with Gasteiger partial charge in [-0.3, -0.25) is 4.79 Å². The largest absolute Gasteiger partial charge is 0.334 e. The Morgan fingerprint density at radius 3 is 2.67 bits per heavy atom. The second kappa shape index (κ2) is 5.71. The molecule has 0 fully saturated rings. The summed E-state index contributed by atoms with van der Waals surface area (Å²) in [6, 6.07) is 14.4. The number of para-hydroxylation sites is 1. The first-order valence-corrected chi connectivity index (χ1v) is 9.08. The zero-order valence-corrected chi connectivity index (χ0v) is 14.9. The molecule has 24 heavy (non-hydrogen) atoms. The fourth-order valence-electron chi connectivity index (χ4n) is 3.52. The summed E-state index contributed by atoms with van der Waals surface area (Å²) in [6.45, 7) is 7.16. The number of amides is 1. The van der Waals surface area contributed by atoms with Crippen LogP contribution < -0.4 is 5.32 Å². The third kappa shape index (κ3) is 2.61. The maximum atomic E-state index is 12.9. The number of carbonyl (C=O) groups is 1. The number of anilines is 1. The molecule has 1 aromatic heterocycles. The number of carbonyl (C=O) groups excluding carboxylic acids is 1. The Labute approximate surface area is 146 Å². The van der Waals surface area contributed by atoms with E-state index in [4.69, 9.17) is 0 Å². The standard InChI is InChI=1S/C20H20N2OS/c1-12-7-13(2)9-16(8-12)21-20(23)17-10-15-5-4-6-18-19(15)22(17)11-14(3)24-18/h4-10,14H,11H2,1-3H3,(H,21,23). The molecule has 1 unspecified atom stereocenters. The number of hydrogen-bond acceptors (Lipinski definition) is 2. The molecule has 0 aliphatic carbocycles. The van der Waals surface area contributed by atoms with Crippen molar-refractivity contribution in [2.24, 2.45) is 0 Å². The molecule has 0 saturated carbocycles. The number of aryl methyl sites for hydroxylation is 2. The summed E-state index contributed by atoms with van der Waals surface area (Å²) in [4.78, 5) is 14.2. The van der Waals surface area contributed by atoms with E-state index in [2.05, 4.69) is 41.1 Å². The van der Waals surface area contributed by atoms with Crippen LogP contribution >= 0.6 is 11.8 Å². The van der Waals surface area contributed by atoms with Gasteiger partial charge in [0.25, 0.3) is 5.91 Å². The maximum Gasteiger partial charge on any atom is 0.272 e. The van der Waals surface area contributed by atoms with Gasteiger partial charge in [0, 0.05) is 27.8 Å². The maximum absolute atomic E-state index is 12.9. The molecule has 1 N–H and O–H groups in total. The van der Waals surface area contributed by atoms with Gasteiger partial charge in [-0.25, -0.2) is 0 Å². The molecule has 0 bridgehead atoms. The molecular weight excluding hydrogens is 316 g/mol. The summed E-state index contributed by atoms with van der Waals surface area (Å²) in [5.74, 6) is -0.0405. The number of hydrogen-bond donors (Lipinski definition) is 1. The summed E-state index contributed by atoms with van der Waals surface area (Å²) in [6.07, 6.45) is 0. The first-order chi connectivity index (χ1) is 11.5. The summed E-state index contributed by atoms with van der Waals surface area (Å²) < 4.78 is 2.17. The minimum atomic E-state index is -0.0405. The van der Waals surface area contributed by atoms with Crippen LogP contribution in [0.3, 0.4) is 0 Å². The van der Waals surface area contributed by atoms with Crippen LogP contribution in [-0.2, 0) is 6.54 Å². The molecule has 1 amide bonds. The van der Waals surface area contributed by atoms with Gasteiger partial charge in [0.2, 0.25) is 0 Å². The highest BCUT2D eigenvalue weighted by molar-refractivity contribution is 8.00. The average molecular weight is 336 g/mol. The number of rotatable bonds is 2. The molecule has 0 spiro atoms. The summed E-state index contributed by atoms with van der Waals surface area (Å²) in [7, 11) is 0. The Morgan fingerprint density at radius 2 is 1.92 bits per heavy atom. The van der Waals surface area contributed by atoms with Gasteiger partial charge >= 0.3 is 0 Å². The monoisotopic (exact) mass is 336 g/mol. The molecule has 1 aliphatic heterocycles. The topological polar surface area (TPSA) is 34.0 Å². The molecular formula is C20H20N2OS. The normalized spacial score (nSPS) is 16.4. The first kappa shape index (κ1) is 15.3. The Kier molecular flexibility index (Phi) is 3.65. The van der Waals surface area contributed by atoms with Crippen molar-refractivity contribution in [1.29, 1.82) is 0 Å². The minimum Gasteiger partial charge on any atom is -0.334 e. The fraction of sp³-hybridized carbons (Fsp3) is 0.250. The van der Waals surface area contributed by atoms with E-state index in [0.29, 0.717) is 5.25 Å². The van der Waals surface area contributed by atoms with Crippen molar-refractivity contribution in [2.45, 2.75) is 37.5 Å². The average Bonchev–Trinajstić information content (AvgIpc) is 2.86. The smallest absolute Gasteiger partial charge is 0.272 e. The molecule has 4 rings (SSSR count). The van der Waals surface area contributed by atoms with E-state index in [-0.39, 0.29) is 5.91 Å². The highest BCUT2D eigenvalue weighted by atomic mass is 32.2. The molecule has 3 aromatic rings. The number of aromatic nitrogens is 1. The van der Waals surface area contributed by atoms with Gasteiger partial charge in [0.05, 0.1) is 5.52 Å². The second-order valence-corrected chi connectivity index (χ2v) is 8.07. The molecule has 122 valence electrons. The van der Waals surface area contributed by atoms with Crippen molar-refractivity contribution >= 4 is 34.3 Å². The van der Waals surface area contributed by atoms with Crippen LogP contribution in [0.5, 0.6) is 0 Å². The van der Waals surface area contributed by atoms with Crippen LogP contribution in [0.15, 0.2) is 47.4 Å². The molecule has 2 heterocycles. The summed E-state index contributed by atoms with van der Waals surface area (Å²) in [5, 5.41) is 4.67. The lowest BCUT2D eigenvalue weighted by Gasteiger charge is -2.22. The highest BCUT2D eigenvalue weighted by Gasteiger charge is 2.24. The molecule has 4 heteroatoms. The van der Waals surface area contributed by atoms with Crippen LogP contribution in [0.25, 0.3) is 10.9 Å². The zero-order chi connectivity index (χ0) is 16.8. The second-order valence-electron chi connectivity index (χ2n) is 6.59. The lowest BCUT2D eigenvalue weighted by Crippen LogP contribution is -2.22. The molecule has 3 nitrogen and oxygen atoms in total. The highest BCUT2D eigenvalue weighted by Crippen LogP contribution is 2.38. The fourth-order valence-corrected chi connectivity index (χ4v) is 4.67. The third-order valence-electron chi connectivity index (χ3n) is 4.36. The number of nitrogens with zero attached hydrogens (tertiary/aromatic N) is 1. The van der Waals surface area contributed by atoms with E-state index in [9.17, 15) is 4.79 Å². The van der Waals surface area contributed by atoms with Gasteiger partial charge in [-0.2, -0.15) is 0 Å². The lowest BCUT2D eigenvalue weighted by molar-refractivity contribution is 0.101. The quantitative estimate of drug-likeness (QED) is 0.714. The molecule has 1 aliphatic rings. The van der Waals surface area contributed by atoms with Crippen molar-refractivity contribution in [3.8, 4) is 0 Å². The predicted molar refractivity (Wildman–Crippen MR) is 101 cm³/mol. The van der Waals surface area contributed by atoms with Crippen molar-refractivity contribution in [3.63, 3.8) is 0 Å².